The number of H-pyrrole nitrogens is 2. The average Bonchev–Trinajstić information content (AvgIpc) is 3.00. The largest absolute Gasteiger partial charge is 0.464 e. The highest BCUT2D eigenvalue weighted by molar-refractivity contribution is 5.75. The summed E-state index contributed by atoms with van der Waals surface area (Å²) in [4.78, 5) is 16.9. The molecule has 2 heterocycles. The van der Waals surface area contributed by atoms with Gasteiger partial charge >= 0.3 is 5.69 Å². The third-order valence-electron chi connectivity index (χ3n) is 3.33. The molecular formula is C15H17N3O2. The lowest BCUT2D eigenvalue weighted by Crippen LogP contribution is -2.21. The number of rotatable bonds is 4. The highest BCUT2D eigenvalue weighted by Gasteiger charge is 2.17. The molecule has 1 atom stereocenters. The molecule has 2 aromatic heterocycles. The van der Waals surface area contributed by atoms with Crippen LogP contribution in [0.1, 0.15) is 30.0 Å². The van der Waals surface area contributed by atoms with Gasteiger partial charge in [0.1, 0.15) is 11.5 Å². The Morgan fingerprint density at radius 2 is 2.00 bits per heavy atom. The van der Waals surface area contributed by atoms with Crippen molar-refractivity contribution in [2.24, 2.45) is 0 Å². The van der Waals surface area contributed by atoms with Crippen LogP contribution in [-0.2, 0) is 0 Å². The van der Waals surface area contributed by atoms with Crippen LogP contribution < -0.4 is 11.0 Å². The van der Waals surface area contributed by atoms with E-state index in [1.165, 1.54) is 0 Å². The Morgan fingerprint density at radius 3 is 2.70 bits per heavy atom. The number of aromatic amines is 2. The molecule has 20 heavy (non-hydrogen) atoms. The van der Waals surface area contributed by atoms with Gasteiger partial charge in [-0.05, 0) is 43.3 Å². The summed E-state index contributed by atoms with van der Waals surface area (Å²) in [6.45, 7) is 4.81. The fourth-order valence-corrected chi connectivity index (χ4v) is 2.43. The predicted molar refractivity (Wildman–Crippen MR) is 77.9 cm³/mol. The normalized spacial score (nSPS) is 12.9. The second kappa shape index (κ2) is 5.02. The summed E-state index contributed by atoms with van der Waals surface area (Å²) in [7, 11) is 0. The molecule has 104 valence electrons. The first-order valence-corrected chi connectivity index (χ1v) is 6.69. The SMILES string of the molecule is CCNC(c1ccc2[nH]c(=O)[nH]c2c1)c1ccc(C)o1. The van der Waals surface area contributed by atoms with Crippen molar-refractivity contribution in [2.75, 3.05) is 6.54 Å². The van der Waals surface area contributed by atoms with Crippen LogP contribution in [0.5, 0.6) is 0 Å². The maximum atomic E-state index is 11.3. The molecule has 0 saturated carbocycles. The zero-order valence-corrected chi connectivity index (χ0v) is 11.5. The van der Waals surface area contributed by atoms with E-state index in [1.54, 1.807) is 0 Å². The highest BCUT2D eigenvalue weighted by Crippen LogP contribution is 2.25. The summed E-state index contributed by atoms with van der Waals surface area (Å²) in [5, 5.41) is 3.40. The maximum Gasteiger partial charge on any atom is 0.323 e. The number of hydrogen-bond donors (Lipinski definition) is 3. The zero-order chi connectivity index (χ0) is 14.1. The number of aromatic nitrogens is 2. The number of furan rings is 1. The first-order valence-electron chi connectivity index (χ1n) is 6.69. The highest BCUT2D eigenvalue weighted by atomic mass is 16.3. The second-order valence-electron chi connectivity index (χ2n) is 4.82. The molecule has 0 spiro atoms. The smallest absolute Gasteiger partial charge is 0.323 e. The van der Waals surface area contributed by atoms with Crippen LogP contribution in [0.4, 0.5) is 0 Å². The summed E-state index contributed by atoms with van der Waals surface area (Å²) >= 11 is 0. The van der Waals surface area contributed by atoms with Crippen molar-refractivity contribution < 1.29 is 4.42 Å². The molecule has 3 rings (SSSR count). The van der Waals surface area contributed by atoms with E-state index in [2.05, 4.69) is 22.2 Å². The predicted octanol–water partition coefficient (Wildman–Crippen LogP) is 2.46. The van der Waals surface area contributed by atoms with Crippen LogP contribution in [-0.4, -0.2) is 16.5 Å². The molecule has 0 fully saturated rings. The number of nitrogens with one attached hydrogen (secondary N) is 3. The Balaban J connectivity index is 2.06. The summed E-state index contributed by atoms with van der Waals surface area (Å²) in [5.41, 5.74) is 2.48. The first kappa shape index (κ1) is 12.7. The van der Waals surface area contributed by atoms with Gasteiger partial charge in [0.2, 0.25) is 0 Å². The molecule has 5 nitrogen and oxygen atoms in total. The molecule has 0 radical (unpaired) electrons. The van der Waals surface area contributed by atoms with Crippen LogP contribution in [0, 0.1) is 6.92 Å². The Bertz CT molecular complexity index is 782. The van der Waals surface area contributed by atoms with Crippen LogP contribution in [0.2, 0.25) is 0 Å². The molecular weight excluding hydrogens is 254 g/mol. The molecule has 0 bridgehead atoms. The summed E-state index contributed by atoms with van der Waals surface area (Å²) in [6, 6.07) is 9.79. The third kappa shape index (κ3) is 2.28. The lowest BCUT2D eigenvalue weighted by Gasteiger charge is -2.16. The standard InChI is InChI=1S/C15H17N3O2/c1-3-16-14(13-7-4-9(2)20-13)10-5-6-11-12(8-10)18-15(19)17-11/h4-8,14,16H,3H2,1-2H3,(H2,17,18,19). The van der Waals surface area contributed by atoms with E-state index < -0.39 is 0 Å². The van der Waals surface area contributed by atoms with E-state index in [9.17, 15) is 4.79 Å². The van der Waals surface area contributed by atoms with Gasteiger partial charge in [-0.1, -0.05) is 13.0 Å². The Labute approximate surface area is 116 Å². The molecule has 1 unspecified atom stereocenters. The molecule has 1 aromatic carbocycles. The van der Waals surface area contributed by atoms with Crippen LogP contribution in [0.3, 0.4) is 0 Å². The minimum Gasteiger partial charge on any atom is -0.464 e. The monoisotopic (exact) mass is 271 g/mol. The lowest BCUT2D eigenvalue weighted by atomic mass is 10.0. The molecule has 0 amide bonds. The number of benzene rings is 1. The van der Waals surface area contributed by atoms with Crippen molar-refractivity contribution in [3.05, 3.63) is 57.9 Å². The Kier molecular flexibility index (Phi) is 3.20. The Hall–Kier alpha value is -2.27. The van der Waals surface area contributed by atoms with Gasteiger partial charge in [-0.3, -0.25) is 0 Å². The summed E-state index contributed by atoms with van der Waals surface area (Å²) in [6.07, 6.45) is 0. The van der Waals surface area contributed by atoms with Gasteiger partial charge in [-0.2, -0.15) is 0 Å². The van der Waals surface area contributed by atoms with Gasteiger partial charge in [0.25, 0.3) is 0 Å². The van der Waals surface area contributed by atoms with Gasteiger partial charge in [0.05, 0.1) is 17.1 Å². The van der Waals surface area contributed by atoms with Crippen molar-refractivity contribution >= 4 is 11.0 Å². The van der Waals surface area contributed by atoms with E-state index in [0.717, 1.165) is 34.7 Å². The van der Waals surface area contributed by atoms with E-state index >= 15 is 0 Å². The van der Waals surface area contributed by atoms with Crippen LogP contribution >= 0.6 is 0 Å². The van der Waals surface area contributed by atoms with Gasteiger partial charge in [0, 0.05) is 0 Å². The topological polar surface area (TPSA) is 73.8 Å². The van der Waals surface area contributed by atoms with Crippen molar-refractivity contribution in [3.8, 4) is 0 Å². The first-order chi connectivity index (χ1) is 9.67. The molecule has 5 heteroatoms. The number of hydrogen-bond acceptors (Lipinski definition) is 3. The van der Waals surface area contributed by atoms with Gasteiger partial charge in [-0.15, -0.1) is 0 Å². The van der Waals surface area contributed by atoms with E-state index in [4.69, 9.17) is 4.42 Å². The number of imidazole rings is 1. The molecule has 3 aromatic rings. The van der Waals surface area contributed by atoms with Crippen LogP contribution in [0.15, 0.2) is 39.5 Å². The average molecular weight is 271 g/mol. The molecule has 0 saturated heterocycles. The fraction of sp³-hybridized carbons (Fsp3) is 0.267. The van der Waals surface area contributed by atoms with E-state index in [0.29, 0.717) is 0 Å². The van der Waals surface area contributed by atoms with Gasteiger partial charge in [-0.25, -0.2) is 4.79 Å². The fourth-order valence-electron chi connectivity index (χ4n) is 2.43. The number of fused-ring (bicyclic) bond motifs is 1. The molecule has 0 aliphatic heterocycles. The second-order valence-corrected chi connectivity index (χ2v) is 4.82. The van der Waals surface area contributed by atoms with E-state index in [-0.39, 0.29) is 11.7 Å². The van der Waals surface area contributed by atoms with Gasteiger partial charge < -0.3 is 19.7 Å². The summed E-state index contributed by atoms with van der Waals surface area (Å²) in [5.74, 6) is 1.76. The third-order valence-corrected chi connectivity index (χ3v) is 3.33. The van der Waals surface area contributed by atoms with Gasteiger partial charge in [0.15, 0.2) is 0 Å². The van der Waals surface area contributed by atoms with Crippen molar-refractivity contribution in [3.63, 3.8) is 0 Å². The maximum absolute atomic E-state index is 11.3. The summed E-state index contributed by atoms with van der Waals surface area (Å²) < 4.78 is 5.73. The molecule has 3 N–H and O–H groups in total. The van der Waals surface area contributed by atoms with Crippen LogP contribution in [0.25, 0.3) is 11.0 Å². The van der Waals surface area contributed by atoms with E-state index in [1.807, 2.05) is 37.3 Å². The quantitative estimate of drug-likeness (QED) is 0.682. The van der Waals surface area contributed by atoms with Crippen molar-refractivity contribution in [2.45, 2.75) is 19.9 Å². The minimum atomic E-state index is -0.189. The Morgan fingerprint density at radius 1 is 1.20 bits per heavy atom. The lowest BCUT2D eigenvalue weighted by molar-refractivity contribution is 0.435. The zero-order valence-electron chi connectivity index (χ0n) is 11.5. The molecule has 0 aliphatic rings. The van der Waals surface area contributed by atoms with Crippen molar-refractivity contribution in [1.82, 2.24) is 15.3 Å². The van der Waals surface area contributed by atoms with Crippen molar-refractivity contribution in [1.29, 1.82) is 0 Å². The minimum absolute atomic E-state index is 0.0171. The number of aryl methyl sites for hydroxylation is 1. The molecule has 0 aliphatic carbocycles.